The summed E-state index contributed by atoms with van der Waals surface area (Å²) in [7, 11) is -3.26. The third-order valence-corrected chi connectivity index (χ3v) is 4.74. The van der Waals surface area contributed by atoms with Crippen LogP contribution in [0.4, 0.5) is 0 Å². The van der Waals surface area contributed by atoms with Gasteiger partial charge in [-0.05, 0) is 50.7 Å². The van der Waals surface area contributed by atoms with Crippen LogP contribution in [0.5, 0.6) is 5.75 Å². The number of hydrogen-bond donors (Lipinski definition) is 1. The van der Waals surface area contributed by atoms with Crippen molar-refractivity contribution in [3.05, 3.63) is 17.8 Å². The van der Waals surface area contributed by atoms with Crippen molar-refractivity contribution in [3.8, 4) is 5.75 Å². The summed E-state index contributed by atoms with van der Waals surface area (Å²) in [5.74, 6) is 1.19. The normalized spacial score (nSPS) is 23.6. The van der Waals surface area contributed by atoms with Gasteiger partial charge in [0, 0.05) is 12.3 Å². The van der Waals surface area contributed by atoms with Gasteiger partial charge in [-0.1, -0.05) is 0 Å². The molecule has 1 aliphatic rings. The lowest BCUT2D eigenvalue weighted by atomic mass is 9.87. The van der Waals surface area contributed by atoms with E-state index in [1.165, 1.54) is 6.07 Å². The van der Waals surface area contributed by atoms with E-state index in [2.05, 4.69) is 4.98 Å². The van der Waals surface area contributed by atoms with Crippen molar-refractivity contribution in [1.29, 1.82) is 0 Å². The first kappa shape index (κ1) is 15.3. The van der Waals surface area contributed by atoms with Gasteiger partial charge in [0.1, 0.15) is 5.75 Å². The Hall–Kier alpha value is -1.14. The Bertz CT molecular complexity index is 564. The van der Waals surface area contributed by atoms with E-state index in [1.807, 2.05) is 0 Å². The maximum Gasteiger partial charge on any atom is 0.192 e. The maximum absolute atomic E-state index is 11.4. The van der Waals surface area contributed by atoms with Crippen molar-refractivity contribution in [2.75, 3.05) is 12.9 Å². The molecule has 2 N–H and O–H groups in total. The monoisotopic (exact) mass is 298 g/mol. The first-order chi connectivity index (χ1) is 9.36. The molecular formula is C14H22N2O3S. The molecule has 5 nitrogen and oxygen atoms in total. The molecule has 0 atom stereocenters. The Morgan fingerprint density at radius 2 is 1.95 bits per heavy atom. The van der Waals surface area contributed by atoms with Crippen LogP contribution in [0.1, 0.15) is 31.4 Å². The number of ether oxygens (including phenoxy) is 1. The van der Waals surface area contributed by atoms with Gasteiger partial charge in [-0.2, -0.15) is 0 Å². The van der Waals surface area contributed by atoms with E-state index in [9.17, 15) is 8.42 Å². The minimum absolute atomic E-state index is 0.0889. The topological polar surface area (TPSA) is 82.3 Å². The van der Waals surface area contributed by atoms with E-state index in [0.717, 1.165) is 31.9 Å². The molecule has 0 bridgehead atoms. The fraction of sp³-hybridized carbons (Fsp3) is 0.643. The number of rotatable bonds is 4. The molecule has 20 heavy (non-hydrogen) atoms. The lowest BCUT2D eigenvalue weighted by Crippen LogP contribution is -2.28. The zero-order valence-corrected chi connectivity index (χ0v) is 12.8. The van der Waals surface area contributed by atoms with Crippen molar-refractivity contribution in [3.63, 3.8) is 0 Å². The largest absolute Gasteiger partial charge is 0.491 e. The molecule has 0 saturated heterocycles. The van der Waals surface area contributed by atoms with E-state index in [0.29, 0.717) is 30.0 Å². The van der Waals surface area contributed by atoms with Crippen LogP contribution in [-0.4, -0.2) is 32.3 Å². The summed E-state index contributed by atoms with van der Waals surface area (Å²) in [4.78, 5) is 4.09. The van der Waals surface area contributed by atoms with Gasteiger partial charge in [-0.15, -0.1) is 0 Å². The maximum atomic E-state index is 11.4. The Labute approximate surface area is 120 Å². The minimum atomic E-state index is -3.26. The second kappa shape index (κ2) is 6.10. The molecule has 6 heteroatoms. The predicted molar refractivity (Wildman–Crippen MR) is 77.5 cm³/mol. The highest BCUT2D eigenvalue weighted by atomic mass is 32.2. The Morgan fingerprint density at radius 1 is 1.30 bits per heavy atom. The quantitative estimate of drug-likeness (QED) is 0.914. The molecule has 0 aliphatic heterocycles. The zero-order valence-electron chi connectivity index (χ0n) is 12.0. The van der Waals surface area contributed by atoms with Gasteiger partial charge in [-0.25, -0.2) is 13.4 Å². The van der Waals surface area contributed by atoms with Gasteiger partial charge in [0.25, 0.3) is 0 Å². The molecule has 1 saturated carbocycles. The molecule has 0 spiro atoms. The van der Waals surface area contributed by atoms with Crippen molar-refractivity contribution in [1.82, 2.24) is 4.98 Å². The first-order valence-corrected chi connectivity index (χ1v) is 8.81. The predicted octanol–water partition coefficient (Wildman–Crippen LogP) is 1.69. The van der Waals surface area contributed by atoms with E-state index in [-0.39, 0.29) is 5.03 Å². The molecule has 1 aromatic heterocycles. The summed E-state index contributed by atoms with van der Waals surface area (Å²) in [6, 6.07) is 3.52. The molecule has 1 aromatic rings. The summed E-state index contributed by atoms with van der Waals surface area (Å²) < 4.78 is 28.6. The zero-order chi connectivity index (χ0) is 14.8. The highest BCUT2D eigenvalue weighted by Crippen LogP contribution is 2.25. The highest BCUT2D eigenvalue weighted by molar-refractivity contribution is 7.90. The molecular weight excluding hydrogens is 276 g/mol. The van der Waals surface area contributed by atoms with Gasteiger partial charge in [0.15, 0.2) is 14.9 Å². The van der Waals surface area contributed by atoms with Crippen LogP contribution in [0.15, 0.2) is 17.2 Å². The third-order valence-electron chi connectivity index (χ3n) is 3.76. The smallest absolute Gasteiger partial charge is 0.192 e. The van der Waals surface area contributed by atoms with Crippen LogP contribution in [0.25, 0.3) is 0 Å². The van der Waals surface area contributed by atoms with Crippen LogP contribution >= 0.6 is 0 Å². The molecule has 112 valence electrons. The van der Waals surface area contributed by atoms with Gasteiger partial charge in [-0.3, -0.25) is 0 Å². The van der Waals surface area contributed by atoms with Crippen molar-refractivity contribution in [2.45, 2.75) is 43.7 Å². The number of sulfone groups is 1. The fourth-order valence-electron chi connectivity index (χ4n) is 2.45. The molecule has 0 unspecified atom stereocenters. The van der Waals surface area contributed by atoms with E-state index in [1.54, 1.807) is 13.0 Å². The molecule has 0 amide bonds. The van der Waals surface area contributed by atoms with Crippen LogP contribution in [0.3, 0.4) is 0 Å². The number of aromatic nitrogens is 1. The minimum Gasteiger partial charge on any atom is -0.491 e. The van der Waals surface area contributed by atoms with Gasteiger partial charge in [0.2, 0.25) is 0 Å². The summed E-state index contributed by atoms with van der Waals surface area (Å²) >= 11 is 0. The van der Waals surface area contributed by atoms with Crippen LogP contribution in [0.2, 0.25) is 0 Å². The highest BCUT2D eigenvalue weighted by Gasteiger charge is 2.19. The SMILES string of the molecule is Cc1nc(S(C)(=O)=O)ccc1OCC1CCC(N)CC1. The second-order valence-corrected chi connectivity index (χ2v) is 7.56. The number of pyridine rings is 1. The Kier molecular flexibility index (Phi) is 4.65. The Morgan fingerprint density at radius 3 is 2.50 bits per heavy atom. The number of aryl methyl sites for hydroxylation is 1. The fourth-order valence-corrected chi connectivity index (χ4v) is 3.06. The number of hydrogen-bond acceptors (Lipinski definition) is 5. The van der Waals surface area contributed by atoms with Gasteiger partial charge in [0.05, 0.1) is 12.3 Å². The summed E-state index contributed by atoms with van der Waals surface area (Å²) in [5.41, 5.74) is 6.49. The summed E-state index contributed by atoms with van der Waals surface area (Å²) in [6.07, 6.45) is 5.45. The van der Waals surface area contributed by atoms with Crippen LogP contribution in [-0.2, 0) is 9.84 Å². The van der Waals surface area contributed by atoms with Crippen LogP contribution in [0, 0.1) is 12.8 Å². The van der Waals surface area contributed by atoms with Crippen molar-refractivity contribution >= 4 is 9.84 Å². The van der Waals surface area contributed by atoms with Gasteiger partial charge >= 0.3 is 0 Å². The molecule has 0 radical (unpaired) electrons. The summed E-state index contributed by atoms with van der Waals surface area (Å²) in [5, 5.41) is 0.0889. The second-order valence-electron chi connectivity index (χ2n) is 5.60. The van der Waals surface area contributed by atoms with Gasteiger partial charge < -0.3 is 10.5 Å². The first-order valence-electron chi connectivity index (χ1n) is 6.92. The van der Waals surface area contributed by atoms with E-state index in [4.69, 9.17) is 10.5 Å². The molecule has 1 heterocycles. The van der Waals surface area contributed by atoms with E-state index >= 15 is 0 Å². The lowest BCUT2D eigenvalue weighted by Gasteiger charge is -2.26. The molecule has 2 rings (SSSR count). The molecule has 1 aliphatic carbocycles. The lowest BCUT2D eigenvalue weighted by molar-refractivity contribution is 0.199. The molecule has 0 aromatic carbocycles. The Balaban J connectivity index is 1.97. The summed E-state index contributed by atoms with van der Waals surface area (Å²) in [6.45, 7) is 2.41. The van der Waals surface area contributed by atoms with Crippen molar-refractivity contribution in [2.24, 2.45) is 11.7 Å². The standard InChI is InChI=1S/C14H22N2O3S/c1-10-13(7-8-14(16-10)20(2,17)18)19-9-11-3-5-12(15)6-4-11/h7-8,11-12H,3-6,9,15H2,1-2H3. The van der Waals surface area contributed by atoms with Crippen molar-refractivity contribution < 1.29 is 13.2 Å². The molecule has 1 fully saturated rings. The average Bonchev–Trinajstić information content (AvgIpc) is 2.38. The number of nitrogens with two attached hydrogens (primary N) is 1. The average molecular weight is 298 g/mol. The van der Waals surface area contributed by atoms with Crippen LogP contribution < -0.4 is 10.5 Å². The number of nitrogens with zero attached hydrogens (tertiary/aromatic N) is 1. The third kappa shape index (κ3) is 3.93. The van der Waals surface area contributed by atoms with E-state index < -0.39 is 9.84 Å².